The minimum Gasteiger partial charge on any atom is -0.382 e. The highest BCUT2D eigenvalue weighted by Gasteiger charge is 2.11. The Morgan fingerprint density at radius 3 is 2.65 bits per heavy atom. The zero-order chi connectivity index (χ0) is 12.0. The van der Waals surface area contributed by atoms with Crippen molar-refractivity contribution in [2.75, 3.05) is 5.73 Å². The van der Waals surface area contributed by atoms with E-state index in [9.17, 15) is 9.59 Å². The van der Waals surface area contributed by atoms with Gasteiger partial charge in [0.15, 0.2) is 5.82 Å². The SMILES string of the molecule is Nc1n[nH]c(=O)c2c1c(=O)[nH]c1ccccc12. The average molecular weight is 228 g/mol. The van der Waals surface area contributed by atoms with Crippen molar-refractivity contribution in [3.63, 3.8) is 0 Å². The molecule has 6 heteroatoms. The standard InChI is InChI=1S/C11H8N4O2/c12-9-8-7(11(17)15-14-9)5-3-1-2-4-6(5)13-10(8)16/h1-4H,(H2,12,14)(H,13,16)(H,15,17). The number of nitrogens with one attached hydrogen (secondary N) is 2. The van der Waals surface area contributed by atoms with E-state index in [0.717, 1.165) is 0 Å². The van der Waals surface area contributed by atoms with E-state index in [1.165, 1.54) is 0 Å². The summed E-state index contributed by atoms with van der Waals surface area (Å²) in [5.74, 6) is 0.0200. The van der Waals surface area contributed by atoms with Gasteiger partial charge in [0.1, 0.15) is 0 Å². The third kappa shape index (κ3) is 1.24. The number of H-pyrrole nitrogens is 2. The van der Waals surface area contributed by atoms with Crippen LogP contribution in [0.3, 0.4) is 0 Å². The van der Waals surface area contributed by atoms with Gasteiger partial charge < -0.3 is 10.7 Å². The van der Waals surface area contributed by atoms with Crippen molar-refractivity contribution in [3.05, 3.63) is 45.0 Å². The molecule has 0 saturated heterocycles. The number of aromatic amines is 2. The summed E-state index contributed by atoms with van der Waals surface area (Å²) in [6.45, 7) is 0. The summed E-state index contributed by atoms with van der Waals surface area (Å²) in [5.41, 5.74) is 5.39. The van der Waals surface area contributed by atoms with Crippen molar-refractivity contribution in [2.24, 2.45) is 0 Å². The Morgan fingerprint density at radius 2 is 1.82 bits per heavy atom. The van der Waals surface area contributed by atoms with Crippen LogP contribution in [0.25, 0.3) is 21.7 Å². The fourth-order valence-corrected chi connectivity index (χ4v) is 1.95. The third-order valence-electron chi connectivity index (χ3n) is 2.68. The number of nitrogens with zero attached hydrogens (tertiary/aromatic N) is 1. The Hall–Kier alpha value is -2.63. The van der Waals surface area contributed by atoms with E-state index in [1.54, 1.807) is 24.3 Å². The first-order valence-corrected chi connectivity index (χ1v) is 4.97. The second-order valence-corrected chi connectivity index (χ2v) is 3.69. The summed E-state index contributed by atoms with van der Waals surface area (Å²) in [7, 11) is 0. The van der Waals surface area contributed by atoms with Crippen molar-refractivity contribution < 1.29 is 0 Å². The van der Waals surface area contributed by atoms with Crippen molar-refractivity contribution in [3.8, 4) is 0 Å². The Balaban J connectivity index is 2.80. The number of nitrogen functional groups attached to an aromatic ring is 1. The molecule has 2 aromatic heterocycles. The van der Waals surface area contributed by atoms with Gasteiger partial charge in [-0.3, -0.25) is 9.59 Å². The molecule has 0 aliphatic carbocycles. The number of rotatable bonds is 0. The molecule has 0 amide bonds. The quantitative estimate of drug-likeness (QED) is 0.483. The van der Waals surface area contributed by atoms with Crippen LogP contribution in [0, 0.1) is 0 Å². The Kier molecular flexibility index (Phi) is 1.79. The van der Waals surface area contributed by atoms with Crippen LogP contribution in [0.5, 0.6) is 0 Å². The number of pyridine rings is 1. The van der Waals surface area contributed by atoms with Gasteiger partial charge in [0.25, 0.3) is 11.1 Å². The molecule has 0 unspecified atom stereocenters. The molecular weight excluding hydrogens is 220 g/mol. The highest BCUT2D eigenvalue weighted by molar-refractivity contribution is 6.07. The molecular formula is C11H8N4O2. The van der Waals surface area contributed by atoms with Gasteiger partial charge in [-0.1, -0.05) is 18.2 Å². The fourth-order valence-electron chi connectivity index (χ4n) is 1.95. The average Bonchev–Trinajstić information content (AvgIpc) is 2.33. The smallest absolute Gasteiger partial charge is 0.273 e. The molecule has 0 aliphatic rings. The van der Waals surface area contributed by atoms with Gasteiger partial charge in [-0.05, 0) is 6.07 Å². The van der Waals surface area contributed by atoms with Gasteiger partial charge in [-0.25, -0.2) is 5.10 Å². The third-order valence-corrected chi connectivity index (χ3v) is 2.68. The maximum Gasteiger partial charge on any atom is 0.273 e. The van der Waals surface area contributed by atoms with Gasteiger partial charge in [-0.2, -0.15) is 5.10 Å². The second kappa shape index (κ2) is 3.18. The first-order chi connectivity index (χ1) is 8.18. The number of benzene rings is 1. The summed E-state index contributed by atoms with van der Waals surface area (Å²) < 4.78 is 0. The number of para-hydroxylation sites is 1. The summed E-state index contributed by atoms with van der Waals surface area (Å²) >= 11 is 0. The number of fused-ring (bicyclic) bond motifs is 3. The lowest BCUT2D eigenvalue weighted by Gasteiger charge is -2.03. The van der Waals surface area contributed by atoms with Crippen LogP contribution in [0.1, 0.15) is 0 Å². The molecule has 0 fully saturated rings. The van der Waals surface area contributed by atoms with E-state index in [0.29, 0.717) is 10.9 Å². The minimum absolute atomic E-state index is 0.0200. The maximum absolute atomic E-state index is 11.8. The van der Waals surface area contributed by atoms with Crippen molar-refractivity contribution in [2.45, 2.75) is 0 Å². The molecule has 84 valence electrons. The van der Waals surface area contributed by atoms with Gasteiger partial charge in [0, 0.05) is 10.9 Å². The summed E-state index contributed by atoms with van der Waals surface area (Å²) in [6.07, 6.45) is 0. The Bertz CT molecular complexity index is 847. The van der Waals surface area contributed by atoms with Crippen LogP contribution in [0.4, 0.5) is 5.82 Å². The van der Waals surface area contributed by atoms with Crippen molar-refractivity contribution >= 4 is 27.5 Å². The maximum atomic E-state index is 11.8. The molecule has 3 rings (SSSR count). The van der Waals surface area contributed by atoms with Gasteiger partial charge in [0.2, 0.25) is 0 Å². The van der Waals surface area contributed by atoms with Crippen LogP contribution >= 0.6 is 0 Å². The monoisotopic (exact) mass is 228 g/mol. The molecule has 2 heterocycles. The number of hydrogen-bond donors (Lipinski definition) is 3. The van der Waals surface area contributed by atoms with Crippen molar-refractivity contribution in [1.82, 2.24) is 15.2 Å². The molecule has 17 heavy (non-hydrogen) atoms. The Labute approximate surface area is 94.1 Å². The normalized spacial score (nSPS) is 11.1. The van der Waals surface area contributed by atoms with Crippen LogP contribution in [0.2, 0.25) is 0 Å². The van der Waals surface area contributed by atoms with Gasteiger partial charge >= 0.3 is 0 Å². The Morgan fingerprint density at radius 1 is 1.06 bits per heavy atom. The predicted molar refractivity (Wildman–Crippen MR) is 64.9 cm³/mol. The molecule has 0 spiro atoms. The first-order valence-electron chi connectivity index (χ1n) is 4.97. The van der Waals surface area contributed by atoms with E-state index in [4.69, 9.17) is 5.73 Å². The molecule has 6 nitrogen and oxygen atoms in total. The van der Waals surface area contributed by atoms with Crippen molar-refractivity contribution in [1.29, 1.82) is 0 Å². The molecule has 3 aromatic rings. The highest BCUT2D eigenvalue weighted by atomic mass is 16.1. The van der Waals surface area contributed by atoms with E-state index < -0.39 is 11.1 Å². The molecule has 0 atom stereocenters. The molecule has 1 aromatic carbocycles. The number of hydrogen-bond acceptors (Lipinski definition) is 4. The number of anilines is 1. The molecule has 0 aliphatic heterocycles. The lowest BCUT2D eigenvalue weighted by atomic mass is 10.1. The van der Waals surface area contributed by atoms with E-state index in [1.807, 2.05) is 0 Å². The number of aromatic nitrogens is 3. The van der Waals surface area contributed by atoms with Gasteiger partial charge in [0.05, 0.1) is 10.8 Å². The second-order valence-electron chi connectivity index (χ2n) is 3.69. The predicted octanol–water partition coefficient (Wildman–Crippen LogP) is 0.347. The van der Waals surface area contributed by atoms with Crippen LogP contribution in [0.15, 0.2) is 33.9 Å². The van der Waals surface area contributed by atoms with Crippen LogP contribution < -0.4 is 16.9 Å². The summed E-state index contributed by atoms with van der Waals surface area (Å²) in [4.78, 5) is 26.3. The summed E-state index contributed by atoms with van der Waals surface area (Å²) in [5, 5.41) is 6.93. The highest BCUT2D eigenvalue weighted by Crippen LogP contribution is 2.19. The molecule has 4 N–H and O–H groups in total. The number of nitrogens with two attached hydrogens (primary N) is 1. The lowest BCUT2D eigenvalue weighted by molar-refractivity contribution is 1.02. The summed E-state index contributed by atoms with van der Waals surface area (Å²) in [6, 6.07) is 7.05. The molecule has 0 saturated carbocycles. The van der Waals surface area contributed by atoms with E-state index in [-0.39, 0.29) is 16.6 Å². The molecule has 0 radical (unpaired) electrons. The van der Waals surface area contributed by atoms with E-state index in [2.05, 4.69) is 15.2 Å². The molecule has 0 bridgehead atoms. The van der Waals surface area contributed by atoms with E-state index >= 15 is 0 Å². The lowest BCUT2D eigenvalue weighted by Crippen LogP contribution is -2.18. The minimum atomic E-state index is -0.420. The van der Waals surface area contributed by atoms with Gasteiger partial charge in [-0.15, -0.1) is 0 Å². The van der Waals surface area contributed by atoms with Crippen LogP contribution in [-0.4, -0.2) is 15.2 Å². The largest absolute Gasteiger partial charge is 0.382 e. The first kappa shape index (κ1) is 9.59. The van der Waals surface area contributed by atoms with Crippen LogP contribution in [-0.2, 0) is 0 Å². The zero-order valence-electron chi connectivity index (χ0n) is 8.65. The fraction of sp³-hybridized carbons (Fsp3) is 0. The zero-order valence-corrected chi connectivity index (χ0v) is 8.65. The topological polar surface area (TPSA) is 105 Å².